The Kier molecular flexibility index (Phi) is 3.43. The highest BCUT2D eigenvalue weighted by Crippen LogP contribution is 2.34. The van der Waals surface area contributed by atoms with Crippen molar-refractivity contribution in [1.29, 1.82) is 0 Å². The van der Waals surface area contributed by atoms with Crippen molar-refractivity contribution in [3.63, 3.8) is 0 Å². The summed E-state index contributed by atoms with van der Waals surface area (Å²) in [5.41, 5.74) is 13.5. The van der Waals surface area contributed by atoms with E-state index in [-0.39, 0.29) is 0 Å². The predicted octanol–water partition coefficient (Wildman–Crippen LogP) is 4.86. The van der Waals surface area contributed by atoms with Gasteiger partial charge >= 0.3 is 0 Å². The van der Waals surface area contributed by atoms with Crippen molar-refractivity contribution in [2.45, 2.75) is 6.92 Å². The van der Waals surface area contributed by atoms with Gasteiger partial charge in [-0.3, -0.25) is 4.79 Å². The molecule has 4 rings (SSSR count). The molecule has 0 aromatic heterocycles. The number of fused-ring (bicyclic) bond motifs is 3. The van der Waals surface area contributed by atoms with Crippen LogP contribution in [0.2, 0.25) is 0 Å². The van der Waals surface area contributed by atoms with Crippen LogP contribution in [0.5, 0.6) is 0 Å². The van der Waals surface area contributed by atoms with E-state index in [0.717, 1.165) is 27.1 Å². The summed E-state index contributed by atoms with van der Waals surface area (Å²) in [4.78, 5) is 11.9. The second-order valence-corrected chi connectivity index (χ2v) is 6.24. The van der Waals surface area contributed by atoms with E-state index in [2.05, 4.69) is 30.3 Å². The van der Waals surface area contributed by atoms with Crippen molar-refractivity contribution in [2.75, 3.05) is 5.73 Å². The van der Waals surface area contributed by atoms with Gasteiger partial charge in [-0.2, -0.15) is 0 Å². The second kappa shape index (κ2) is 5.64. The van der Waals surface area contributed by atoms with Gasteiger partial charge in [0.15, 0.2) is 0 Å². The van der Waals surface area contributed by atoms with Crippen LogP contribution in [0.15, 0.2) is 60.7 Å². The highest BCUT2D eigenvalue weighted by molar-refractivity contribution is 6.14. The Labute approximate surface area is 145 Å². The summed E-state index contributed by atoms with van der Waals surface area (Å²) in [6.07, 6.45) is 3.74. The van der Waals surface area contributed by atoms with Crippen LogP contribution >= 0.6 is 0 Å². The molecule has 0 saturated heterocycles. The minimum atomic E-state index is -0.508. The first-order chi connectivity index (χ1) is 12.1. The summed E-state index contributed by atoms with van der Waals surface area (Å²) in [6.45, 7) is 1.90. The summed E-state index contributed by atoms with van der Waals surface area (Å²) in [6, 6.07) is 18.7. The summed E-state index contributed by atoms with van der Waals surface area (Å²) in [5, 5.41) is 6.46. The fourth-order valence-corrected chi connectivity index (χ4v) is 3.48. The second-order valence-electron chi connectivity index (χ2n) is 6.24. The van der Waals surface area contributed by atoms with E-state index in [4.69, 9.17) is 11.5 Å². The molecule has 0 aliphatic rings. The zero-order valence-corrected chi connectivity index (χ0v) is 13.9. The highest BCUT2D eigenvalue weighted by atomic mass is 16.1. The van der Waals surface area contributed by atoms with Gasteiger partial charge in [-0.15, -0.1) is 0 Å². The molecule has 0 spiro atoms. The number of carbonyl (C=O) groups excluding carboxylic acids is 1. The minimum absolute atomic E-state index is 0.380. The van der Waals surface area contributed by atoms with Crippen molar-refractivity contribution < 1.29 is 4.79 Å². The van der Waals surface area contributed by atoms with E-state index in [1.165, 1.54) is 10.8 Å². The fraction of sp³-hybridized carbons (Fsp3) is 0.0455. The molecule has 25 heavy (non-hydrogen) atoms. The molecule has 4 aromatic carbocycles. The largest absolute Gasteiger partial charge is 0.398 e. The first-order valence-electron chi connectivity index (χ1n) is 8.19. The van der Waals surface area contributed by atoms with Crippen molar-refractivity contribution in [3.8, 4) is 0 Å². The number of anilines is 1. The minimum Gasteiger partial charge on any atom is -0.398 e. The van der Waals surface area contributed by atoms with Gasteiger partial charge in [-0.05, 0) is 69.8 Å². The van der Waals surface area contributed by atoms with Gasteiger partial charge in [-0.25, -0.2) is 0 Å². The molecule has 0 fully saturated rings. The number of rotatable bonds is 2. The van der Waals surface area contributed by atoms with Crippen molar-refractivity contribution in [3.05, 3.63) is 71.8 Å². The molecule has 0 aliphatic carbocycles. The first-order valence-corrected chi connectivity index (χ1v) is 8.19. The first kappa shape index (κ1) is 15.2. The van der Waals surface area contributed by atoms with Gasteiger partial charge < -0.3 is 11.5 Å². The molecule has 0 radical (unpaired) electrons. The molecular weight excluding hydrogens is 308 g/mol. The predicted molar refractivity (Wildman–Crippen MR) is 107 cm³/mol. The molecule has 0 bridgehead atoms. The summed E-state index contributed by atoms with van der Waals surface area (Å²) < 4.78 is 0. The van der Waals surface area contributed by atoms with Gasteiger partial charge in [0.05, 0.1) is 11.3 Å². The van der Waals surface area contributed by atoms with E-state index < -0.39 is 5.91 Å². The average molecular weight is 326 g/mol. The van der Waals surface area contributed by atoms with Crippen molar-refractivity contribution >= 4 is 50.0 Å². The summed E-state index contributed by atoms with van der Waals surface area (Å²) in [5.74, 6) is -0.508. The standard InChI is InChI=1S/C22H18N2O/c1-2-5-15-10-18-11-16-8-13-6-3-4-7-14(13)9-17(16)12-19(18)21(23)20(15)22(24)25/h2-12H,23H2,1H3,(H2,24,25). The maximum atomic E-state index is 11.9. The number of hydrogen-bond acceptors (Lipinski definition) is 2. The summed E-state index contributed by atoms with van der Waals surface area (Å²) >= 11 is 0. The third-order valence-electron chi connectivity index (χ3n) is 4.63. The quantitative estimate of drug-likeness (QED) is 0.408. The van der Waals surface area contributed by atoms with Gasteiger partial charge in [0.25, 0.3) is 5.91 Å². The lowest BCUT2D eigenvalue weighted by atomic mass is 9.94. The number of nitrogens with two attached hydrogens (primary N) is 2. The van der Waals surface area contributed by atoms with E-state index in [1.807, 2.05) is 43.3 Å². The maximum Gasteiger partial charge on any atom is 0.251 e. The highest BCUT2D eigenvalue weighted by Gasteiger charge is 2.15. The monoisotopic (exact) mass is 326 g/mol. The summed E-state index contributed by atoms with van der Waals surface area (Å²) in [7, 11) is 0. The Morgan fingerprint density at radius 2 is 1.48 bits per heavy atom. The third kappa shape index (κ3) is 2.41. The van der Waals surface area contributed by atoms with E-state index in [9.17, 15) is 4.79 Å². The van der Waals surface area contributed by atoms with Crippen LogP contribution in [-0.4, -0.2) is 5.91 Å². The van der Waals surface area contributed by atoms with Crippen molar-refractivity contribution in [1.82, 2.24) is 0 Å². The van der Waals surface area contributed by atoms with Gasteiger partial charge in [0, 0.05) is 5.39 Å². The molecule has 0 aliphatic heterocycles. The van der Waals surface area contributed by atoms with Gasteiger partial charge in [0.1, 0.15) is 0 Å². The SMILES string of the molecule is CC=Cc1cc2cc3cc4ccccc4cc3cc2c(N)c1C(N)=O. The van der Waals surface area contributed by atoms with Crippen LogP contribution < -0.4 is 11.5 Å². The number of amides is 1. The van der Waals surface area contributed by atoms with Crippen LogP contribution in [0, 0.1) is 0 Å². The fourth-order valence-electron chi connectivity index (χ4n) is 3.48. The van der Waals surface area contributed by atoms with E-state index >= 15 is 0 Å². The zero-order valence-electron chi connectivity index (χ0n) is 13.9. The molecule has 0 saturated carbocycles. The van der Waals surface area contributed by atoms with Crippen molar-refractivity contribution in [2.24, 2.45) is 5.73 Å². The number of carbonyl (C=O) groups is 1. The molecule has 4 N–H and O–H groups in total. The molecule has 122 valence electrons. The van der Waals surface area contributed by atoms with Crippen LogP contribution in [0.1, 0.15) is 22.8 Å². The molecule has 0 unspecified atom stereocenters. The Morgan fingerprint density at radius 1 is 0.880 bits per heavy atom. The average Bonchev–Trinajstić information content (AvgIpc) is 2.58. The maximum absolute atomic E-state index is 11.9. The van der Waals surface area contributed by atoms with Crippen LogP contribution in [-0.2, 0) is 0 Å². The topological polar surface area (TPSA) is 69.1 Å². The van der Waals surface area contributed by atoms with Crippen LogP contribution in [0.25, 0.3) is 38.4 Å². The number of primary amides is 1. The Hall–Kier alpha value is -3.33. The lowest BCUT2D eigenvalue weighted by molar-refractivity contribution is 0.100. The molecule has 1 amide bonds. The lowest BCUT2D eigenvalue weighted by Crippen LogP contribution is -2.15. The Morgan fingerprint density at radius 3 is 2.08 bits per heavy atom. The molecular formula is C22H18N2O. The Bertz CT molecular complexity index is 1190. The molecule has 3 nitrogen and oxygen atoms in total. The van der Waals surface area contributed by atoms with Crippen LogP contribution in [0.3, 0.4) is 0 Å². The zero-order chi connectivity index (χ0) is 17.6. The number of benzene rings is 4. The normalized spacial score (nSPS) is 11.7. The van der Waals surface area contributed by atoms with E-state index in [1.54, 1.807) is 0 Å². The third-order valence-corrected chi connectivity index (χ3v) is 4.63. The smallest absolute Gasteiger partial charge is 0.251 e. The van der Waals surface area contributed by atoms with Crippen LogP contribution in [0.4, 0.5) is 5.69 Å². The lowest BCUT2D eigenvalue weighted by Gasteiger charge is -2.12. The number of allylic oxidation sites excluding steroid dienone is 1. The van der Waals surface area contributed by atoms with Gasteiger partial charge in [-0.1, -0.05) is 36.4 Å². The number of hydrogen-bond donors (Lipinski definition) is 2. The molecule has 0 heterocycles. The van der Waals surface area contributed by atoms with E-state index in [0.29, 0.717) is 11.3 Å². The molecule has 3 heteroatoms. The Balaban J connectivity index is 2.13. The number of nitrogen functional groups attached to an aromatic ring is 1. The molecule has 0 atom stereocenters. The molecule has 4 aromatic rings. The van der Waals surface area contributed by atoms with Gasteiger partial charge in [0.2, 0.25) is 0 Å².